The first-order valence-electron chi connectivity index (χ1n) is 5.18. The second-order valence-corrected chi connectivity index (χ2v) is 4.50. The van der Waals surface area contributed by atoms with Crippen LogP contribution in [0.25, 0.3) is 0 Å². The molecule has 0 bridgehead atoms. The first-order chi connectivity index (χ1) is 8.24. The van der Waals surface area contributed by atoms with Gasteiger partial charge in [-0.1, -0.05) is 12.1 Å². The molecule has 0 saturated heterocycles. The predicted octanol–water partition coefficient (Wildman–Crippen LogP) is 2.55. The van der Waals surface area contributed by atoms with Crippen LogP contribution in [0.2, 0.25) is 0 Å². The molecule has 17 heavy (non-hydrogen) atoms. The number of aryl methyl sites for hydroxylation is 1. The molecular weight excluding hydrogens is 238 g/mol. The van der Waals surface area contributed by atoms with Gasteiger partial charge in [-0.2, -0.15) is 0 Å². The zero-order valence-electron chi connectivity index (χ0n) is 9.43. The Bertz CT molecular complexity index is 532. The summed E-state index contributed by atoms with van der Waals surface area (Å²) in [5.41, 5.74) is 1.17. The fourth-order valence-electron chi connectivity index (χ4n) is 1.35. The number of H-pyrrole nitrogens is 1. The Morgan fingerprint density at radius 1 is 1.47 bits per heavy atom. The minimum absolute atomic E-state index is 0.416. The number of benzene rings is 1. The molecule has 0 unspecified atom stereocenters. The highest BCUT2D eigenvalue weighted by Crippen LogP contribution is 2.16. The number of hydrogen-bond acceptors (Lipinski definition) is 4. The Kier molecular flexibility index (Phi) is 3.93. The van der Waals surface area contributed by atoms with Crippen molar-refractivity contribution >= 4 is 11.8 Å². The molecular formula is C12H13NO3S. The molecule has 1 N–H and O–H groups in total. The Labute approximate surface area is 103 Å². The van der Waals surface area contributed by atoms with E-state index in [9.17, 15) is 4.79 Å². The molecule has 5 heteroatoms. The van der Waals surface area contributed by atoms with Crippen LogP contribution in [0.1, 0.15) is 11.3 Å². The molecule has 1 aromatic heterocycles. The quantitative estimate of drug-likeness (QED) is 0.655. The van der Waals surface area contributed by atoms with Crippen LogP contribution < -0.4 is 10.5 Å². The molecule has 4 nitrogen and oxygen atoms in total. The van der Waals surface area contributed by atoms with Gasteiger partial charge in [-0.05, 0) is 24.6 Å². The molecule has 0 radical (unpaired) electrons. The fraction of sp³-hybridized carbons (Fsp3) is 0.250. The van der Waals surface area contributed by atoms with Crippen molar-refractivity contribution in [2.75, 3.05) is 5.94 Å². The average molecular weight is 251 g/mol. The molecule has 0 aliphatic heterocycles. The standard InChI is InChI=1S/C12H13NO3S/c1-9-3-2-4-10(5-9)15-8-17-7-11-6-13-12(14)16-11/h2-6H,7-8H2,1H3,(H,13,14). The van der Waals surface area contributed by atoms with Gasteiger partial charge in [0.15, 0.2) is 0 Å². The number of aromatic nitrogens is 1. The van der Waals surface area contributed by atoms with Crippen molar-refractivity contribution in [2.45, 2.75) is 12.7 Å². The van der Waals surface area contributed by atoms with E-state index >= 15 is 0 Å². The summed E-state index contributed by atoms with van der Waals surface area (Å²) in [6, 6.07) is 7.88. The highest BCUT2D eigenvalue weighted by molar-refractivity contribution is 7.98. The monoisotopic (exact) mass is 251 g/mol. The maximum absolute atomic E-state index is 10.7. The number of oxazole rings is 1. The van der Waals surface area contributed by atoms with E-state index in [1.807, 2.05) is 31.2 Å². The number of hydrogen-bond donors (Lipinski definition) is 1. The smallest absolute Gasteiger partial charge is 0.416 e. The molecule has 2 aromatic rings. The van der Waals surface area contributed by atoms with Crippen LogP contribution in [0, 0.1) is 6.92 Å². The molecule has 0 amide bonds. The summed E-state index contributed by atoms with van der Waals surface area (Å²) in [7, 11) is 0. The zero-order chi connectivity index (χ0) is 12.1. The minimum Gasteiger partial charge on any atom is -0.483 e. The second kappa shape index (κ2) is 5.63. The van der Waals surface area contributed by atoms with E-state index in [4.69, 9.17) is 9.15 Å². The highest BCUT2D eigenvalue weighted by Gasteiger charge is 1.99. The van der Waals surface area contributed by atoms with Crippen molar-refractivity contribution in [3.8, 4) is 5.75 Å². The zero-order valence-corrected chi connectivity index (χ0v) is 10.3. The van der Waals surface area contributed by atoms with Gasteiger partial charge in [0.25, 0.3) is 0 Å². The molecule has 1 heterocycles. The van der Waals surface area contributed by atoms with Crippen LogP contribution in [0.5, 0.6) is 5.75 Å². The molecule has 90 valence electrons. The van der Waals surface area contributed by atoms with Crippen molar-refractivity contribution in [3.63, 3.8) is 0 Å². The van der Waals surface area contributed by atoms with Crippen LogP contribution in [-0.4, -0.2) is 10.9 Å². The van der Waals surface area contributed by atoms with Gasteiger partial charge >= 0.3 is 5.76 Å². The fourth-order valence-corrected chi connectivity index (χ4v) is 1.99. The average Bonchev–Trinajstić information content (AvgIpc) is 2.71. The third-order valence-corrected chi connectivity index (χ3v) is 2.89. The Balaban J connectivity index is 1.75. The van der Waals surface area contributed by atoms with Gasteiger partial charge in [-0.15, -0.1) is 11.8 Å². The van der Waals surface area contributed by atoms with Crippen LogP contribution in [0.15, 0.2) is 39.7 Å². The summed E-state index contributed by atoms with van der Waals surface area (Å²) < 4.78 is 10.4. The lowest BCUT2D eigenvalue weighted by atomic mass is 10.2. The van der Waals surface area contributed by atoms with E-state index in [-0.39, 0.29) is 0 Å². The van der Waals surface area contributed by atoms with E-state index in [0.717, 1.165) is 5.75 Å². The number of nitrogens with one attached hydrogen (secondary N) is 1. The van der Waals surface area contributed by atoms with E-state index in [2.05, 4.69) is 4.98 Å². The normalized spacial score (nSPS) is 10.4. The first-order valence-corrected chi connectivity index (χ1v) is 6.34. The van der Waals surface area contributed by atoms with E-state index in [1.165, 1.54) is 5.56 Å². The lowest BCUT2D eigenvalue weighted by Gasteiger charge is -2.05. The van der Waals surface area contributed by atoms with Gasteiger partial charge in [0.2, 0.25) is 0 Å². The van der Waals surface area contributed by atoms with Crippen molar-refractivity contribution in [3.05, 3.63) is 52.3 Å². The van der Waals surface area contributed by atoms with E-state index < -0.39 is 5.76 Å². The summed E-state index contributed by atoms with van der Waals surface area (Å²) in [6.07, 6.45) is 1.57. The Morgan fingerprint density at radius 3 is 3.06 bits per heavy atom. The molecule has 1 aromatic carbocycles. The summed E-state index contributed by atoms with van der Waals surface area (Å²) in [6.45, 7) is 2.02. The van der Waals surface area contributed by atoms with Gasteiger partial charge in [0, 0.05) is 6.20 Å². The number of aromatic amines is 1. The lowest BCUT2D eigenvalue weighted by Crippen LogP contribution is -1.94. The van der Waals surface area contributed by atoms with E-state index in [0.29, 0.717) is 17.5 Å². The van der Waals surface area contributed by atoms with E-state index in [1.54, 1.807) is 18.0 Å². The summed E-state index contributed by atoms with van der Waals surface area (Å²) in [4.78, 5) is 13.2. The second-order valence-electron chi connectivity index (χ2n) is 3.57. The van der Waals surface area contributed by atoms with Crippen LogP contribution in [-0.2, 0) is 5.75 Å². The van der Waals surface area contributed by atoms with Crippen LogP contribution in [0.4, 0.5) is 0 Å². The Morgan fingerprint density at radius 2 is 2.35 bits per heavy atom. The molecule has 0 aliphatic carbocycles. The van der Waals surface area contributed by atoms with Crippen molar-refractivity contribution in [1.29, 1.82) is 0 Å². The summed E-state index contributed by atoms with van der Waals surface area (Å²) >= 11 is 1.55. The van der Waals surface area contributed by atoms with Gasteiger partial charge in [0.1, 0.15) is 17.4 Å². The summed E-state index contributed by atoms with van der Waals surface area (Å²) in [5, 5.41) is 0. The maximum Gasteiger partial charge on any atom is 0.416 e. The molecule has 2 rings (SSSR count). The SMILES string of the molecule is Cc1cccc(OCSCc2c[nH]c(=O)o2)c1. The molecule has 0 spiro atoms. The largest absolute Gasteiger partial charge is 0.483 e. The molecule has 0 fully saturated rings. The third kappa shape index (κ3) is 3.71. The minimum atomic E-state index is -0.416. The van der Waals surface area contributed by atoms with Crippen molar-refractivity contribution in [2.24, 2.45) is 0 Å². The highest BCUT2D eigenvalue weighted by atomic mass is 32.2. The molecule has 0 saturated carbocycles. The third-order valence-electron chi connectivity index (χ3n) is 2.12. The lowest BCUT2D eigenvalue weighted by molar-refractivity contribution is 0.392. The topological polar surface area (TPSA) is 55.2 Å². The number of thioether (sulfide) groups is 1. The predicted molar refractivity (Wildman–Crippen MR) is 67.3 cm³/mol. The summed E-state index contributed by atoms with van der Waals surface area (Å²) in [5.74, 6) is 2.21. The maximum atomic E-state index is 10.7. The Hall–Kier alpha value is -1.62. The van der Waals surface area contributed by atoms with Crippen molar-refractivity contribution < 1.29 is 9.15 Å². The number of rotatable bonds is 5. The first kappa shape index (κ1) is 11.9. The van der Waals surface area contributed by atoms with Gasteiger partial charge in [0.05, 0.1) is 5.75 Å². The van der Waals surface area contributed by atoms with Gasteiger partial charge in [-0.25, -0.2) is 4.79 Å². The van der Waals surface area contributed by atoms with Crippen molar-refractivity contribution in [1.82, 2.24) is 4.98 Å². The molecule has 0 atom stereocenters. The van der Waals surface area contributed by atoms with Crippen LogP contribution in [0.3, 0.4) is 0 Å². The van der Waals surface area contributed by atoms with Gasteiger partial charge in [-0.3, -0.25) is 4.98 Å². The molecule has 0 aliphatic rings. The van der Waals surface area contributed by atoms with Gasteiger partial charge < -0.3 is 9.15 Å². The number of ether oxygens (including phenoxy) is 1. The van der Waals surface area contributed by atoms with Crippen LogP contribution >= 0.6 is 11.8 Å².